The van der Waals surface area contributed by atoms with Crippen molar-refractivity contribution in [1.29, 1.82) is 0 Å². The molecule has 1 heterocycles. The van der Waals surface area contributed by atoms with Gasteiger partial charge in [-0.3, -0.25) is 9.78 Å². The number of nitrogens with one attached hydrogen (secondary N) is 1. The first kappa shape index (κ1) is 16.6. The van der Waals surface area contributed by atoms with E-state index in [9.17, 15) is 9.59 Å². The monoisotopic (exact) mass is 288 g/mol. The number of hydrogen-bond donors (Lipinski definition) is 1. The molecular weight excluding hydrogens is 268 g/mol. The molecule has 0 spiro atoms. The summed E-state index contributed by atoms with van der Waals surface area (Å²) >= 11 is 0. The Kier molecular flexibility index (Phi) is 6.33. The van der Waals surface area contributed by atoms with Gasteiger partial charge in [-0.05, 0) is 19.1 Å². The molecule has 21 heavy (non-hydrogen) atoms. The van der Waals surface area contributed by atoms with Crippen LogP contribution in [0.3, 0.4) is 0 Å². The smallest absolute Gasteiger partial charge is 0.257 e. The molecule has 2 rings (SSSR count). The van der Waals surface area contributed by atoms with Crippen molar-refractivity contribution in [2.24, 2.45) is 0 Å². The number of aryl methyl sites for hydroxylation is 1. The van der Waals surface area contributed by atoms with Crippen LogP contribution in [-0.4, -0.2) is 30.8 Å². The van der Waals surface area contributed by atoms with E-state index in [0.29, 0.717) is 17.6 Å². The molecular formula is C16H20N2O3. The third-order valence-corrected chi connectivity index (χ3v) is 2.77. The molecule has 1 N–H and O–H groups in total. The number of carbonyl (C=O) groups excluding carboxylic acids is 2. The van der Waals surface area contributed by atoms with Crippen LogP contribution in [0.2, 0.25) is 0 Å². The van der Waals surface area contributed by atoms with E-state index in [1.165, 1.54) is 13.3 Å². The summed E-state index contributed by atoms with van der Waals surface area (Å²) in [4.78, 5) is 26.4. The largest absolute Gasteiger partial charge is 0.495 e. The molecule has 5 nitrogen and oxygen atoms in total. The zero-order chi connectivity index (χ0) is 15.8. The van der Waals surface area contributed by atoms with Gasteiger partial charge in [0.05, 0.1) is 19.2 Å². The predicted molar refractivity (Wildman–Crippen MR) is 82.8 cm³/mol. The average Bonchev–Trinajstić information content (AvgIpc) is 2.53. The Bertz CT molecular complexity index is 639. The van der Waals surface area contributed by atoms with Crippen molar-refractivity contribution in [3.05, 3.63) is 35.5 Å². The minimum atomic E-state index is -0.375. The van der Waals surface area contributed by atoms with Gasteiger partial charge in [-0.15, -0.1) is 0 Å². The summed E-state index contributed by atoms with van der Waals surface area (Å²) in [7, 11) is 1.51. The zero-order valence-corrected chi connectivity index (χ0v) is 12.8. The Morgan fingerprint density at radius 2 is 2.10 bits per heavy atom. The second-order valence-corrected chi connectivity index (χ2v) is 4.10. The van der Waals surface area contributed by atoms with Crippen LogP contribution in [0.25, 0.3) is 10.9 Å². The molecule has 0 atom stereocenters. The van der Waals surface area contributed by atoms with Gasteiger partial charge in [0, 0.05) is 11.6 Å². The van der Waals surface area contributed by atoms with E-state index >= 15 is 0 Å². The summed E-state index contributed by atoms with van der Waals surface area (Å²) < 4.78 is 5.33. The molecule has 5 heteroatoms. The van der Waals surface area contributed by atoms with Gasteiger partial charge in [-0.25, -0.2) is 0 Å². The Balaban J connectivity index is 0.00000106. The number of hydrogen-bond acceptors (Lipinski definition) is 4. The fourth-order valence-electron chi connectivity index (χ4n) is 1.89. The molecule has 0 aliphatic carbocycles. The number of ether oxygens (including phenoxy) is 1. The van der Waals surface area contributed by atoms with Crippen LogP contribution in [0.15, 0.2) is 24.4 Å². The van der Waals surface area contributed by atoms with Gasteiger partial charge in [0.1, 0.15) is 17.6 Å². The summed E-state index contributed by atoms with van der Waals surface area (Å²) in [6, 6.07) is 5.73. The highest BCUT2D eigenvalue weighted by Crippen LogP contribution is 2.28. The highest BCUT2D eigenvalue weighted by Gasteiger charge is 2.15. The highest BCUT2D eigenvalue weighted by molar-refractivity contribution is 6.03. The molecule has 0 aliphatic heterocycles. The Morgan fingerprint density at radius 1 is 1.38 bits per heavy atom. The lowest BCUT2D eigenvalue weighted by molar-refractivity contribution is -0.107. The lowest BCUT2D eigenvalue weighted by Gasteiger charge is -2.11. The molecule has 112 valence electrons. The minimum Gasteiger partial charge on any atom is -0.495 e. The highest BCUT2D eigenvalue weighted by atomic mass is 16.5. The zero-order valence-electron chi connectivity index (χ0n) is 12.8. The standard InChI is InChI=1S/C14H14N2O3.C2H6/c1-9-3-4-12-10(7-9)13(19-2)11(8-16-12)14(18)15-5-6-17;1-2/h3-4,6-8H,5H2,1-2H3,(H,15,18);1-2H3. The van der Waals surface area contributed by atoms with Crippen molar-refractivity contribution in [3.63, 3.8) is 0 Å². The van der Waals surface area contributed by atoms with E-state index < -0.39 is 0 Å². The van der Waals surface area contributed by atoms with E-state index in [-0.39, 0.29) is 12.5 Å². The minimum absolute atomic E-state index is 0.0339. The molecule has 0 saturated heterocycles. The molecule has 1 amide bonds. The quantitative estimate of drug-likeness (QED) is 0.878. The van der Waals surface area contributed by atoms with E-state index in [2.05, 4.69) is 10.3 Å². The average molecular weight is 288 g/mol. The second-order valence-electron chi connectivity index (χ2n) is 4.10. The van der Waals surface area contributed by atoms with Crippen LogP contribution in [-0.2, 0) is 4.79 Å². The van der Waals surface area contributed by atoms with Crippen LogP contribution in [0.5, 0.6) is 5.75 Å². The van der Waals surface area contributed by atoms with E-state index in [4.69, 9.17) is 4.74 Å². The fraction of sp³-hybridized carbons (Fsp3) is 0.312. The van der Waals surface area contributed by atoms with Crippen molar-refractivity contribution < 1.29 is 14.3 Å². The van der Waals surface area contributed by atoms with Crippen molar-refractivity contribution in [1.82, 2.24) is 10.3 Å². The molecule has 0 unspecified atom stereocenters. The number of rotatable bonds is 4. The SMILES string of the molecule is CC.COc1c(C(=O)NCC=O)cnc2ccc(C)cc12. The molecule has 0 aliphatic rings. The molecule has 0 bridgehead atoms. The van der Waals surface area contributed by atoms with E-state index in [1.54, 1.807) is 0 Å². The summed E-state index contributed by atoms with van der Waals surface area (Å²) in [5, 5.41) is 3.25. The number of pyridine rings is 1. The van der Waals surface area contributed by atoms with Crippen LogP contribution in [0, 0.1) is 6.92 Å². The lowest BCUT2D eigenvalue weighted by atomic mass is 10.1. The van der Waals surface area contributed by atoms with Crippen molar-refractivity contribution in [2.45, 2.75) is 20.8 Å². The van der Waals surface area contributed by atoms with Crippen LogP contribution in [0.1, 0.15) is 29.8 Å². The number of aromatic nitrogens is 1. The van der Waals surface area contributed by atoms with Gasteiger partial charge in [0.2, 0.25) is 0 Å². The normalized spacial score (nSPS) is 9.52. The van der Waals surface area contributed by atoms with E-state index in [0.717, 1.165) is 16.5 Å². The number of fused-ring (bicyclic) bond motifs is 1. The molecule has 0 saturated carbocycles. The number of methoxy groups -OCH3 is 1. The summed E-state index contributed by atoms with van der Waals surface area (Å²) in [6.45, 7) is 5.92. The molecule has 0 fully saturated rings. The van der Waals surface area contributed by atoms with Crippen molar-refractivity contribution in [2.75, 3.05) is 13.7 Å². The van der Waals surface area contributed by atoms with Crippen LogP contribution < -0.4 is 10.1 Å². The van der Waals surface area contributed by atoms with E-state index in [1.807, 2.05) is 39.0 Å². The third kappa shape index (κ3) is 3.78. The van der Waals surface area contributed by atoms with Gasteiger partial charge in [-0.1, -0.05) is 25.5 Å². The van der Waals surface area contributed by atoms with Crippen molar-refractivity contribution >= 4 is 23.1 Å². The number of amides is 1. The fourth-order valence-corrected chi connectivity index (χ4v) is 1.89. The number of carbonyl (C=O) groups is 2. The van der Waals surface area contributed by atoms with Crippen molar-refractivity contribution in [3.8, 4) is 5.75 Å². The van der Waals surface area contributed by atoms with Gasteiger partial charge in [0.25, 0.3) is 5.91 Å². The van der Waals surface area contributed by atoms with Gasteiger partial charge in [0.15, 0.2) is 0 Å². The third-order valence-electron chi connectivity index (χ3n) is 2.77. The maximum atomic E-state index is 11.9. The second kappa shape index (κ2) is 7.99. The van der Waals surface area contributed by atoms with Gasteiger partial charge >= 0.3 is 0 Å². The first-order valence-corrected chi connectivity index (χ1v) is 6.82. The Labute approximate surface area is 124 Å². The maximum absolute atomic E-state index is 11.9. The number of aldehydes is 1. The topological polar surface area (TPSA) is 68.3 Å². The summed E-state index contributed by atoms with van der Waals surface area (Å²) in [6.07, 6.45) is 2.08. The van der Waals surface area contributed by atoms with Crippen LogP contribution >= 0.6 is 0 Å². The number of nitrogens with zero attached hydrogens (tertiary/aromatic N) is 1. The Morgan fingerprint density at radius 3 is 2.71 bits per heavy atom. The Hall–Kier alpha value is -2.43. The molecule has 0 radical (unpaired) electrons. The predicted octanol–water partition coefficient (Wildman–Crippen LogP) is 2.51. The summed E-state index contributed by atoms with van der Waals surface area (Å²) in [5.74, 6) is 0.0944. The molecule has 1 aromatic carbocycles. The molecule has 2 aromatic rings. The lowest BCUT2D eigenvalue weighted by Crippen LogP contribution is -2.25. The first-order chi connectivity index (χ1) is 10.2. The maximum Gasteiger partial charge on any atom is 0.257 e. The summed E-state index contributed by atoms with van der Waals surface area (Å²) in [5.41, 5.74) is 2.13. The van der Waals surface area contributed by atoms with Gasteiger partial charge < -0.3 is 14.8 Å². The van der Waals surface area contributed by atoms with Crippen LogP contribution in [0.4, 0.5) is 0 Å². The molecule has 1 aromatic heterocycles. The number of benzene rings is 1. The first-order valence-electron chi connectivity index (χ1n) is 6.82. The van der Waals surface area contributed by atoms with Gasteiger partial charge in [-0.2, -0.15) is 0 Å².